The van der Waals surface area contributed by atoms with Crippen LogP contribution in [0.15, 0.2) is 53.0 Å². The molecule has 0 unspecified atom stereocenters. The fraction of sp³-hybridized carbons (Fsp3) is 0.0625. The molecule has 0 saturated heterocycles. The average molecular weight is 367 g/mol. The lowest BCUT2D eigenvalue weighted by Gasteiger charge is -2.11. The highest BCUT2D eigenvalue weighted by atomic mass is 79.9. The predicted octanol–water partition coefficient (Wildman–Crippen LogP) is 5.67. The molecule has 0 saturated carbocycles. The Kier molecular flexibility index (Phi) is 4.08. The Hall–Kier alpha value is -1.65. The van der Waals surface area contributed by atoms with E-state index in [1.54, 1.807) is 12.1 Å². The second-order valence-corrected chi connectivity index (χ2v) is 5.64. The summed E-state index contributed by atoms with van der Waals surface area (Å²) in [6, 6.07) is 14.1. The van der Waals surface area contributed by atoms with Crippen molar-refractivity contribution in [2.24, 2.45) is 0 Å². The Labute approximate surface area is 134 Å². The maximum Gasteiger partial charge on any atom is 0.224 e. The third kappa shape index (κ3) is 3.01. The number of hydrogen-bond donors (Lipinski definition) is 0. The summed E-state index contributed by atoms with van der Waals surface area (Å²) in [7, 11) is 0. The molecular formula is C16H10BrClFNO. The molecular weight excluding hydrogens is 357 g/mol. The summed E-state index contributed by atoms with van der Waals surface area (Å²) in [4.78, 5) is 4.42. The van der Waals surface area contributed by atoms with Gasteiger partial charge in [-0.25, -0.2) is 9.37 Å². The van der Waals surface area contributed by atoms with E-state index in [-0.39, 0.29) is 11.6 Å². The smallest absolute Gasteiger partial charge is 0.224 e. The highest BCUT2D eigenvalue weighted by Crippen LogP contribution is 2.30. The quantitative estimate of drug-likeness (QED) is 0.557. The minimum absolute atomic E-state index is 0.118. The van der Waals surface area contributed by atoms with E-state index in [0.29, 0.717) is 10.4 Å². The topological polar surface area (TPSA) is 22.1 Å². The van der Waals surface area contributed by atoms with Gasteiger partial charge in [0.05, 0.1) is 11.4 Å². The van der Waals surface area contributed by atoms with Gasteiger partial charge in [-0.1, -0.05) is 34.1 Å². The van der Waals surface area contributed by atoms with Gasteiger partial charge in [0.15, 0.2) is 11.6 Å². The summed E-state index contributed by atoms with van der Waals surface area (Å²) in [5.41, 5.74) is 1.50. The fourth-order valence-electron chi connectivity index (χ4n) is 1.99. The molecule has 1 aromatic heterocycles. The van der Waals surface area contributed by atoms with Gasteiger partial charge in [0.25, 0.3) is 0 Å². The molecule has 2 nitrogen and oxygen atoms in total. The van der Waals surface area contributed by atoms with Crippen molar-refractivity contribution in [3.8, 4) is 11.6 Å². The molecule has 0 aliphatic heterocycles. The average Bonchev–Trinajstić information content (AvgIpc) is 2.49. The van der Waals surface area contributed by atoms with Crippen molar-refractivity contribution in [2.45, 2.75) is 5.88 Å². The first-order valence-corrected chi connectivity index (χ1v) is 7.57. The van der Waals surface area contributed by atoms with E-state index in [1.807, 2.05) is 30.3 Å². The first-order chi connectivity index (χ1) is 10.2. The largest absolute Gasteiger partial charge is 0.436 e. The van der Waals surface area contributed by atoms with Crippen molar-refractivity contribution in [1.82, 2.24) is 4.98 Å². The Morgan fingerprint density at radius 3 is 2.71 bits per heavy atom. The van der Waals surface area contributed by atoms with Crippen LogP contribution in [0.5, 0.6) is 11.6 Å². The Morgan fingerprint density at radius 1 is 1.14 bits per heavy atom. The summed E-state index contributed by atoms with van der Waals surface area (Å²) in [5.74, 6) is 0.225. The van der Waals surface area contributed by atoms with Gasteiger partial charge in [-0.15, -0.1) is 11.6 Å². The number of aromatic nitrogens is 1. The van der Waals surface area contributed by atoms with Gasteiger partial charge >= 0.3 is 0 Å². The molecule has 0 atom stereocenters. The number of pyridine rings is 1. The van der Waals surface area contributed by atoms with Crippen LogP contribution >= 0.6 is 27.5 Å². The zero-order chi connectivity index (χ0) is 14.8. The van der Waals surface area contributed by atoms with Crippen LogP contribution in [0, 0.1) is 5.82 Å². The van der Waals surface area contributed by atoms with E-state index in [2.05, 4.69) is 20.9 Å². The van der Waals surface area contributed by atoms with Gasteiger partial charge in [0.2, 0.25) is 5.88 Å². The number of para-hydroxylation sites is 1. The molecule has 0 aliphatic rings. The van der Waals surface area contributed by atoms with Crippen molar-refractivity contribution in [3.63, 3.8) is 0 Å². The molecule has 1 heterocycles. The number of halogens is 3. The van der Waals surface area contributed by atoms with E-state index in [0.717, 1.165) is 16.5 Å². The van der Waals surface area contributed by atoms with E-state index in [9.17, 15) is 4.39 Å². The van der Waals surface area contributed by atoms with Crippen molar-refractivity contribution < 1.29 is 9.13 Å². The first-order valence-electron chi connectivity index (χ1n) is 6.25. The van der Waals surface area contributed by atoms with Gasteiger partial charge in [0, 0.05) is 15.4 Å². The van der Waals surface area contributed by atoms with Gasteiger partial charge in [-0.2, -0.15) is 0 Å². The zero-order valence-electron chi connectivity index (χ0n) is 10.8. The van der Waals surface area contributed by atoms with Crippen LogP contribution in [0.25, 0.3) is 10.9 Å². The minimum atomic E-state index is -0.458. The maximum absolute atomic E-state index is 13.9. The molecule has 0 amide bonds. The number of nitrogens with zero attached hydrogens (tertiary/aromatic N) is 1. The summed E-state index contributed by atoms with van der Waals surface area (Å²) in [5, 5.41) is 0.969. The van der Waals surface area contributed by atoms with E-state index >= 15 is 0 Å². The zero-order valence-corrected chi connectivity index (χ0v) is 13.2. The molecule has 0 spiro atoms. The number of hydrogen-bond acceptors (Lipinski definition) is 2. The van der Waals surface area contributed by atoms with Crippen LogP contribution in [0.4, 0.5) is 4.39 Å². The highest BCUT2D eigenvalue weighted by Gasteiger charge is 2.11. The second-order valence-electron chi connectivity index (χ2n) is 4.46. The normalized spacial score (nSPS) is 10.8. The molecule has 2 aromatic carbocycles. The van der Waals surface area contributed by atoms with Crippen molar-refractivity contribution >= 4 is 38.4 Å². The molecule has 106 valence electrons. The molecule has 0 radical (unpaired) electrons. The number of fused-ring (bicyclic) bond motifs is 1. The summed E-state index contributed by atoms with van der Waals surface area (Å²) in [6.07, 6.45) is 0. The van der Waals surface area contributed by atoms with E-state index in [4.69, 9.17) is 16.3 Å². The highest BCUT2D eigenvalue weighted by molar-refractivity contribution is 9.10. The molecule has 3 rings (SSSR count). The SMILES string of the molecule is Fc1cc(Br)ccc1Oc1nc2ccccc2cc1CCl. The fourth-order valence-corrected chi connectivity index (χ4v) is 2.51. The predicted molar refractivity (Wildman–Crippen MR) is 85.5 cm³/mol. The standard InChI is InChI=1S/C16H10BrClFNO/c17-12-5-6-15(13(19)8-12)21-16-11(9-18)7-10-3-1-2-4-14(10)20-16/h1-8H,9H2. The molecule has 0 bridgehead atoms. The van der Waals surface area contributed by atoms with Crippen LogP contribution in [0.2, 0.25) is 0 Å². The Morgan fingerprint density at radius 2 is 1.95 bits per heavy atom. The maximum atomic E-state index is 13.9. The Bertz CT molecular complexity index is 809. The van der Waals surface area contributed by atoms with E-state index < -0.39 is 5.82 Å². The molecule has 3 aromatic rings. The van der Waals surface area contributed by atoms with Crippen LogP contribution in [-0.4, -0.2) is 4.98 Å². The molecule has 0 N–H and O–H groups in total. The van der Waals surface area contributed by atoms with Crippen LogP contribution in [0.1, 0.15) is 5.56 Å². The lowest BCUT2D eigenvalue weighted by Crippen LogP contribution is -1.96. The van der Waals surface area contributed by atoms with Crippen LogP contribution in [-0.2, 0) is 5.88 Å². The number of benzene rings is 2. The lowest BCUT2D eigenvalue weighted by atomic mass is 10.1. The minimum Gasteiger partial charge on any atom is -0.436 e. The molecule has 0 fully saturated rings. The summed E-state index contributed by atoms with van der Waals surface area (Å²) < 4.78 is 20.1. The van der Waals surface area contributed by atoms with E-state index in [1.165, 1.54) is 6.07 Å². The van der Waals surface area contributed by atoms with Gasteiger partial charge in [-0.05, 0) is 30.3 Å². The van der Waals surface area contributed by atoms with Crippen molar-refractivity contribution in [2.75, 3.05) is 0 Å². The van der Waals surface area contributed by atoms with Crippen LogP contribution < -0.4 is 4.74 Å². The molecule has 21 heavy (non-hydrogen) atoms. The Balaban J connectivity index is 2.06. The van der Waals surface area contributed by atoms with Gasteiger partial charge in [0.1, 0.15) is 0 Å². The second kappa shape index (κ2) is 6.00. The third-order valence-corrected chi connectivity index (χ3v) is 3.79. The summed E-state index contributed by atoms with van der Waals surface area (Å²) >= 11 is 9.15. The number of ether oxygens (including phenoxy) is 1. The monoisotopic (exact) mass is 365 g/mol. The van der Waals surface area contributed by atoms with Gasteiger partial charge < -0.3 is 4.74 Å². The number of alkyl halides is 1. The van der Waals surface area contributed by atoms with Crippen LogP contribution in [0.3, 0.4) is 0 Å². The lowest BCUT2D eigenvalue weighted by molar-refractivity contribution is 0.425. The van der Waals surface area contributed by atoms with Gasteiger partial charge in [-0.3, -0.25) is 0 Å². The first kappa shape index (κ1) is 14.3. The molecule has 5 heteroatoms. The third-order valence-electron chi connectivity index (χ3n) is 3.01. The summed E-state index contributed by atoms with van der Waals surface area (Å²) in [6.45, 7) is 0. The molecule has 0 aliphatic carbocycles. The van der Waals surface area contributed by atoms with Crippen molar-refractivity contribution in [3.05, 3.63) is 64.4 Å². The number of rotatable bonds is 3. The van der Waals surface area contributed by atoms with Crippen molar-refractivity contribution in [1.29, 1.82) is 0 Å².